The van der Waals surface area contributed by atoms with E-state index in [2.05, 4.69) is 5.32 Å². The molecule has 1 aromatic rings. The molecular formula is C9H5FN2O2. The molecule has 0 radical (unpaired) electrons. The van der Waals surface area contributed by atoms with Crippen LogP contribution in [0.15, 0.2) is 12.1 Å². The quantitative estimate of drug-likeness (QED) is 0.667. The fourth-order valence-corrected chi connectivity index (χ4v) is 1.20. The minimum absolute atomic E-state index is 0.0553. The molecule has 0 fully saturated rings. The maximum absolute atomic E-state index is 13.4. The van der Waals surface area contributed by atoms with Gasteiger partial charge in [-0.3, -0.25) is 4.79 Å². The Morgan fingerprint density at radius 3 is 3.07 bits per heavy atom. The first kappa shape index (κ1) is 8.51. The van der Waals surface area contributed by atoms with Gasteiger partial charge in [-0.1, -0.05) is 0 Å². The van der Waals surface area contributed by atoms with E-state index < -0.39 is 11.7 Å². The highest BCUT2D eigenvalue weighted by atomic mass is 19.1. The summed E-state index contributed by atoms with van der Waals surface area (Å²) in [6, 6.07) is 4.44. The minimum Gasteiger partial charge on any atom is -0.481 e. The molecule has 4 nitrogen and oxygen atoms in total. The van der Waals surface area contributed by atoms with Gasteiger partial charge in [-0.05, 0) is 12.1 Å². The molecule has 0 spiro atoms. The van der Waals surface area contributed by atoms with Crippen LogP contribution < -0.4 is 10.1 Å². The summed E-state index contributed by atoms with van der Waals surface area (Å²) in [6.45, 7) is -0.127. The lowest BCUT2D eigenvalue weighted by Gasteiger charge is -2.18. The summed E-state index contributed by atoms with van der Waals surface area (Å²) in [5.41, 5.74) is -0.171. The number of fused-ring (bicyclic) bond motifs is 1. The first-order chi connectivity index (χ1) is 6.72. The van der Waals surface area contributed by atoms with Crippen LogP contribution in [0.5, 0.6) is 5.75 Å². The average molecular weight is 192 g/mol. The van der Waals surface area contributed by atoms with Crippen LogP contribution in [0.25, 0.3) is 0 Å². The Labute approximate surface area is 78.9 Å². The highest BCUT2D eigenvalue weighted by Gasteiger charge is 2.21. The van der Waals surface area contributed by atoms with Gasteiger partial charge < -0.3 is 10.1 Å². The number of anilines is 1. The molecule has 0 bridgehead atoms. The molecule has 1 amide bonds. The van der Waals surface area contributed by atoms with E-state index in [0.29, 0.717) is 0 Å². The maximum atomic E-state index is 13.4. The molecule has 1 aliphatic heterocycles. The van der Waals surface area contributed by atoms with Gasteiger partial charge in [0.05, 0.1) is 5.56 Å². The molecular weight excluding hydrogens is 187 g/mol. The predicted octanol–water partition coefficient (Wildman–Crippen LogP) is 1.03. The van der Waals surface area contributed by atoms with Crippen LogP contribution in [0.3, 0.4) is 0 Å². The predicted molar refractivity (Wildman–Crippen MR) is 45.2 cm³/mol. The lowest BCUT2D eigenvalue weighted by Crippen LogP contribution is -2.26. The van der Waals surface area contributed by atoms with E-state index in [1.165, 1.54) is 12.1 Å². The van der Waals surface area contributed by atoms with Gasteiger partial charge in [0.15, 0.2) is 12.4 Å². The Kier molecular flexibility index (Phi) is 1.82. The van der Waals surface area contributed by atoms with Gasteiger partial charge >= 0.3 is 0 Å². The SMILES string of the molecule is N#Cc1ccc2c(c1F)NC(=O)CO2. The topological polar surface area (TPSA) is 62.1 Å². The summed E-state index contributed by atoms with van der Waals surface area (Å²) in [4.78, 5) is 10.9. The van der Waals surface area contributed by atoms with E-state index in [-0.39, 0.29) is 23.6 Å². The van der Waals surface area contributed by atoms with Crippen LogP contribution >= 0.6 is 0 Å². The molecule has 1 aliphatic rings. The molecule has 0 saturated heterocycles. The van der Waals surface area contributed by atoms with Crippen molar-refractivity contribution in [3.05, 3.63) is 23.5 Å². The number of amides is 1. The first-order valence-electron chi connectivity index (χ1n) is 3.87. The first-order valence-corrected chi connectivity index (χ1v) is 3.87. The van der Waals surface area contributed by atoms with E-state index in [4.69, 9.17) is 10.00 Å². The highest BCUT2D eigenvalue weighted by Crippen LogP contribution is 2.31. The molecule has 0 unspecified atom stereocenters. The molecule has 70 valence electrons. The van der Waals surface area contributed by atoms with Crippen molar-refractivity contribution in [2.45, 2.75) is 0 Å². The third-order valence-electron chi connectivity index (χ3n) is 1.85. The Morgan fingerprint density at radius 1 is 1.57 bits per heavy atom. The number of benzene rings is 1. The number of carbonyl (C=O) groups excluding carboxylic acids is 1. The third kappa shape index (κ3) is 1.17. The van der Waals surface area contributed by atoms with E-state index >= 15 is 0 Å². The van der Waals surface area contributed by atoms with Crippen LogP contribution in [0.1, 0.15) is 5.56 Å². The number of carbonyl (C=O) groups is 1. The average Bonchev–Trinajstić information content (AvgIpc) is 2.20. The number of hydrogen-bond donors (Lipinski definition) is 1. The fourth-order valence-electron chi connectivity index (χ4n) is 1.20. The molecule has 0 aliphatic carbocycles. The lowest BCUT2D eigenvalue weighted by molar-refractivity contribution is -0.118. The Balaban J connectivity index is 2.57. The van der Waals surface area contributed by atoms with E-state index in [9.17, 15) is 9.18 Å². The van der Waals surface area contributed by atoms with Crippen molar-refractivity contribution >= 4 is 11.6 Å². The largest absolute Gasteiger partial charge is 0.481 e. The number of ether oxygens (including phenoxy) is 1. The molecule has 0 aromatic heterocycles. The van der Waals surface area contributed by atoms with Gasteiger partial charge in [0.25, 0.3) is 5.91 Å². The highest BCUT2D eigenvalue weighted by molar-refractivity contribution is 5.95. The molecule has 0 atom stereocenters. The molecule has 0 saturated carbocycles. The summed E-state index contributed by atoms with van der Waals surface area (Å²) < 4.78 is 18.4. The Bertz CT molecular complexity index is 451. The van der Waals surface area contributed by atoms with Gasteiger partial charge in [-0.2, -0.15) is 5.26 Å². The second-order valence-corrected chi connectivity index (χ2v) is 2.75. The van der Waals surface area contributed by atoms with Crippen molar-refractivity contribution in [2.75, 3.05) is 11.9 Å². The molecule has 1 aromatic carbocycles. The summed E-state index contributed by atoms with van der Waals surface area (Å²) in [5.74, 6) is -0.925. The summed E-state index contributed by atoms with van der Waals surface area (Å²) in [7, 11) is 0. The van der Waals surface area contributed by atoms with Crippen molar-refractivity contribution in [1.29, 1.82) is 5.26 Å². The minimum atomic E-state index is -0.752. The van der Waals surface area contributed by atoms with Crippen molar-refractivity contribution in [3.8, 4) is 11.8 Å². The summed E-state index contributed by atoms with van der Waals surface area (Å²) >= 11 is 0. The van der Waals surface area contributed by atoms with Crippen LogP contribution in [-0.4, -0.2) is 12.5 Å². The van der Waals surface area contributed by atoms with Crippen molar-refractivity contribution < 1.29 is 13.9 Å². The second kappa shape index (κ2) is 3.00. The zero-order valence-corrected chi connectivity index (χ0v) is 7.00. The molecule has 1 N–H and O–H groups in total. The van der Waals surface area contributed by atoms with Crippen LogP contribution in [0.2, 0.25) is 0 Å². The van der Waals surface area contributed by atoms with E-state index in [1.807, 2.05) is 0 Å². The second-order valence-electron chi connectivity index (χ2n) is 2.75. The monoisotopic (exact) mass is 192 g/mol. The molecule has 14 heavy (non-hydrogen) atoms. The van der Waals surface area contributed by atoms with Crippen LogP contribution in [0.4, 0.5) is 10.1 Å². The summed E-state index contributed by atoms with van der Waals surface area (Å²) in [6.07, 6.45) is 0. The summed E-state index contributed by atoms with van der Waals surface area (Å²) in [5, 5.41) is 10.9. The maximum Gasteiger partial charge on any atom is 0.262 e. The fraction of sp³-hybridized carbons (Fsp3) is 0.111. The number of nitrogens with zero attached hydrogens (tertiary/aromatic N) is 1. The third-order valence-corrected chi connectivity index (χ3v) is 1.85. The van der Waals surface area contributed by atoms with Gasteiger partial charge in [0.1, 0.15) is 17.5 Å². The molecule has 1 heterocycles. The number of hydrogen-bond acceptors (Lipinski definition) is 3. The van der Waals surface area contributed by atoms with Crippen molar-refractivity contribution in [2.24, 2.45) is 0 Å². The van der Waals surface area contributed by atoms with Gasteiger partial charge in [0, 0.05) is 0 Å². The number of rotatable bonds is 0. The normalized spacial score (nSPS) is 13.6. The number of halogens is 1. The zero-order valence-electron chi connectivity index (χ0n) is 7.00. The lowest BCUT2D eigenvalue weighted by atomic mass is 10.1. The number of nitrogens with one attached hydrogen (secondary N) is 1. The Hall–Kier alpha value is -2.09. The number of nitriles is 1. The van der Waals surface area contributed by atoms with Gasteiger partial charge in [-0.25, -0.2) is 4.39 Å². The molecule has 2 rings (SSSR count). The zero-order chi connectivity index (χ0) is 10.1. The molecule has 5 heteroatoms. The van der Waals surface area contributed by atoms with Crippen molar-refractivity contribution in [3.63, 3.8) is 0 Å². The van der Waals surface area contributed by atoms with Crippen LogP contribution in [-0.2, 0) is 4.79 Å². The van der Waals surface area contributed by atoms with E-state index in [1.54, 1.807) is 6.07 Å². The van der Waals surface area contributed by atoms with Crippen LogP contribution in [0, 0.1) is 17.1 Å². The van der Waals surface area contributed by atoms with Gasteiger partial charge in [-0.15, -0.1) is 0 Å². The van der Waals surface area contributed by atoms with Gasteiger partial charge in [0.2, 0.25) is 0 Å². The standard InChI is InChI=1S/C9H5FN2O2/c10-8-5(3-11)1-2-6-9(8)12-7(13)4-14-6/h1-2H,4H2,(H,12,13). The van der Waals surface area contributed by atoms with Crippen molar-refractivity contribution in [1.82, 2.24) is 0 Å². The Morgan fingerprint density at radius 2 is 2.36 bits per heavy atom. The van der Waals surface area contributed by atoms with E-state index in [0.717, 1.165) is 0 Å². The smallest absolute Gasteiger partial charge is 0.262 e.